The van der Waals surface area contributed by atoms with E-state index in [2.05, 4.69) is 10.6 Å². The second-order valence-corrected chi connectivity index (χ2v) is 3.68. The Balaban J connectivity index is 3.54. The van der Waals surface area contributed by atoms with Crippen LogP contribution in [0.5, 0.6) is 0 Å². The summed E-state index contributed by atoms with van der Waals surface area (Å²) < 4.78 is 0. The van der Waals surface area contributed by atoms with Crippen molar-refractivity contribution < 1.29 is 9.59 Å². The molecule has 0 heterocycles. The van der Waals surface area contributed by atoms with Crippen molar-refractivity contribution in [3.8, 4) is 0 Å². The SMILES string of the molecule is CNC(=O)C(C)NCCCC(=O)N(C)C. The maximum atomic E-state index is 11.2. The highest BCUT2D eigenvalue weighted by Crippen LogP contribution is 1.92. The number of hydrogen-bond acceptors (Lipinski definition) is 3. The Morgan fingerprint density at radius 3 is 2.40 bits per heavy atom. The van der Waals surface area contributed by atoms with E-state index in [1.54, 1.807) is 33.0 Å². The first kappa shape index (κ1) is 13.9. The normalized spacial score (nSPS) is 12.0. The van der Waals surface area contributed by atoms with Crippen LogP contribution in [0.3, 0.4) is 0 Å². The molecular weight excluding hydrogens is 194 g/mol. The second-order valence-electron chi connectivity index (χ2n) is 3.68. The number of likely N-dealkylation sites (N-methyl/N-ethyl adjacent to an activating group) is 1. The first-order chi connectivity index (χ1) is 6.99. The van der Waals surface area contributed by atoms with E-state index in [1.165, 1.54) is 0 Å². The molecule has 0 saturated carbocycles. The predicted molar refractivity (Wildman–Crippen MR) is 59.5 cm³/mol. The highest BCUT2D eigenvalue weighted by molar-refractivity contribution is 5.80. The number of carbonyl (C=O) groups excluding carboxylic acids is 2. The van der Waals surface area contributed by atoms with Crippen LogP contribution >= 0.6 is 0 Å². The summed E-state index contributed by atoms with van der Waals surface area (Å²) in [5.41, 5.74) is 0. The number of nitrogens with zero attached hydrogens (tertiary/aromatic N) is 1. The molecule has 0 aromatic heterocycles. The molecule has 0 fully saturated rings. The molecule has 0 aliphatic carbocycles. The minimum atomic E-state index is -0.204. The van der Waals surface area contributed by atoms with Gasteiger partial charge in [-0.25, -0.2) is 0 Å². The summed E-state index contributed by atoms with van der Waals surface area (Å²) in [6, 6.07) is -0.204. The highest BCUT2D eigenvalue weighted by atomic mass is 16.2. The molecule has 0 aliphatic heterocycles. The molecule has 0 spiro atoms. The van der Waals surface area contributed by atoms with Gasteiger partial charge in [0.2, 0.25) is 11.8 Å². The molecule has 88 valence electrons. The molecule has 5 nitrogen and oxygen atoms in total. The molecule has 0 radical (unpaired) electrons. The zero-order chi connectivity index (χ0) is 11.8. The van der Waals surface area contributed by atoms with Crippen molar-refractivity contribution in [1.29, 1.82) is 0 Å². The largest absolute Gasteiger partial charge is 0.358 e. The Labute approximate surface area is 91.2 Å². The average Bonchev–Trinajstić information content (AvgIpc) is 2.22. The highest BCUT2D eigenvalue weighted by Gasteiger charge is 2.09. The van der Waals surface area contributed by atoms with Gasteiger partial charge in [-0.15, -0.1) is 0 Å². The summed E-state index contributed by atoms with van der Waals surface area (Å²) >= 11 is 0. The topological polar surface area (TPSA) is 61.4 Å². The zero-order valence-corrected chi connectivity index (χ0v) is 9.96. The van der Waals surface area contributed by atoms with E-state index < -0.39 is 0 Å². The van der Waals surface area contributed by atoms with Gasteiger partial charge in [-0.1, -0.05) is 0 Å². The Hall–Kier alpha value is -1.10. The quantitative estimate of drug-likeness (QED) is 0.592. The maximum absolute atomic E-state index is 11.2. The van der Waals surface area contributed by atoms with Crippen molar-refractivity contribution >= 4 is 11.8 Å². The maximum Gasteiger partial charge on any atom is 0.236 e. The van der Waals surface area contributed by atoms with Crippen molar-refractivity contribution in [3.63, 3.8) is 0 Å². The molecule has 5 heteroatoms. The minimum absolute atomic E-state index is 0.0334. The van der Waals surface area contributed by atoms with Crippen LogP contribution in [0, 0.1) is 0 Å². The minimum Gasteiger partial charge on any atom is -0.358 e. The van der Waals surface area contributed by atoms with Crippen LogP contribution in [0.1, 0.15) is 19.8 Å². The van der Waals surface area contributed by atoms with Crippen LogP contribution in [0.25, 0.3) is 0 Å². The first-order valence-corrected chi connectivity index (χ1v) is 5.14. The van der Waals surface area contributed by atoms with Crippen LogP contribution in [0.4, 0.5) is 0 Å². The number of amides is 2. The summed E-state index contributed by atoms with van der Waals surface area (Å²) in [4.78, 5) is 23.9. The lowest BCUT2D eigenvalue weighted by atomic mass is 10.2. The number of hydrogen-bond donors (Lipinski definition) is 2. The van der Waals surface area contributed by atoms with Crippen LogP contribution in [-0.4, -0.2) is 50.4 Å². The predicted octanol–water partition coefficient (Wildman–Crippen LogP) is -0.421. The fourth-order valence-electron chi connectivity index (χ4n) is 1.09. The van der Waals surface area contributed by atoms with Crippen LogP contribution in [0.15, 0.2) is 0 Å². The van der Waals surface area contributed by atoms with Crippen molar-refractivity contribution in [3.05, 3.63) is 0 Å². The second kappa shape index (κ2) is 7.23. The molecule has 0 aliphatic rings. The lowest BCUT2D eigenvalue weighted by Gasteiger charge is -2.13. The Morgan fingerprint density at radius 2 is 1.93 bits per heavy atom. The summed E-state index contributed by atoms with van der Waals surface area (Å²) in [6.45, 7) is 2.47. The van der Waals surface area contributed by atoms with Crippen molar-refractivity contribution in [2.24, 2.45) is 0 Å². The molecule has 0 rings (SSSR count). The Bertz CT molecular complexity index is 217. The van der Waals surface area contributed by atoms with Crippen molar-refractivity contribution in [2.75, 3.05) is 27.7 Å². The number of carbonyl (C=O) groups is 2. The van der Waals surface area contributed by atoms with Crippen LogP contribution < -0.4 is 10.6 Å². The van der Waals surface area contributed by atoms with Gasteiger partial charge in [-0.2, -0.15) is 0 Å². The standard InChI is InChI=1S/C10H21N3O2/c1-8(10(15)11-2)12-7-5-6-9(14)13(3)4/h8,12H,5-7H2,1-4H3,(H,11,15). The third kappa shape index (κ3) is 6.06. The van der Waals surface area contributed by atoms with E-state index in [9.17, 15) is 9.59 Å². The zero-order valence-electron chi connectivity index (χ0n) is 9.96. The van der Waals surface area contributed by atoms with Gasteiger partial charge in [0.05, 0.1) is 6.04 Å². The third-order valence-electron chi connectivity index (χ3n) is 2.16. The van der Waals surface area contributed by atoms with Gasteiger partial charge in [0, 0.05) is 27.6 Å². The van der Waals surface area contributed by atoms with Gasteiger partial charge in [-0.3, -0.25) is 9.59 Å². The lowest BCUT2D eigenvalue weighted by Crippen LogP contribution is -2.41. The van der Waals surface area contributed by atoms with Crippen molar-refractivity contribution in [2.45, 2.75) is 25.8 Å². The van der Waals surface area contributed by atoms with Gasteiger partial charge in [0.1, 0.15) is 0 Å². The number of rotatable bonds is 6. The van der Waals surface area contributed by atoms with Crippen LogP contribution in [-0.2, 0) is 9.59 Å². The molecule has 15 heavy (non-hydrogen) atoms. The fraction of sp³-hybridized carbons (Fsp3) is 0.800. The van der Waals surface area contributed by atoms with Gasteiger partial charge in [0.15, 0.2) is 0 Å². The molecule has 2 amide bonds. The smallest absolute Gasteiger partial charge is 0.236 e. The van der Waals surface area contributed by atoms with E-state index in [-0.39, 0.29) is 17.9 Å². The van der Waals surface area contributed by atoms with Gasteiger partial charge in [-0.05, 0) is 19.9 Å². The summed E-state index contributed by atoms with van der Waals surface area (Å²) in [7, 11) is 5.09. The molecule has 0 aromatic rings. The van der Waals surface area contributed by atoms with Gasteiger partial charge in [0.25, 0.3) is 0 Å². The Kier molecular flexibility index (Phi) is 6.70. The average molecular weight is 215 g/mol. The Morgan fingerprint density at radius 1 is 1.33 bits per heavy atom. The fourth-order valence-corrected chi connectivity index (χ4v) is 1.09. The summed E-state index contributed by atoms with van der Waals surface area (Å²) in [6.07, 6.45) is 1.26. The molecule has 1 unspecified atom stereocenters. The van der Waals surface area contributed by atoms with Gasteiger partial charge < -0.3 is 15.5 Å². The summed E-state index contributed by atoms with van der Waals surface area (Å²) in [5.74, 6) is 0.0818. The van der Waals surface area contributed by atoms with E-state index in [0.717, 1.165) is 6.42 Å². The lowest BCUT2D eigenvalue weighted by molar-refractivity contribution is -0.128. The molecule has 2 N–H and O–H groups in total. The van der Waals surface area contributed by atoms with Crippen molar-refractivity contribution in [1.82, 2.24) is 15.5 Å². The van der Waals surface area contributed by atoms with Gasteiger partial charge >= 0.3 is 0 Å². The summed E-state index contributed by atoms with van der Waals surface area (Å²) in [5, 5.41) is 5.60. The van der Waals surface area contributed by atoms with E-state index in [0.29, 0.717) is 13.0 Å². The van der Waals surface area contributed by atoms with E-state index >= 15 is 0 Å². The molecule has 0 bridgehead atoms. The van der Waals surface area contributed by atoms with Crippen LogP contribution in [0.2, 0.25) is 0 Å². The number of nitrogens with one attached hydrogen (secondary N) is 2. The van der Waals surface area contributed by atoms with E-state index in [4.69, 9.17) is 0 Å². The monoisotopic (exact) mass is 215 g/mol. The third-order valence-corrected chi connectivity index (χ3v) is 2.16. The van der Waals surface area contributed by atoms with E-state index in [1.807, 2.05) is 0 Å². The molecule has 0 aromatic carbocycles. The molecule has 1 atom stereocenters. The molecule has 0 saturated heterocycles. The molecular formula is C10H21N3O2. The first-order valence-electron chi connectivity index (χ1n) is 5.14.